The summed E-state index contributed by atoms with van der Waals surface area (Å²) in [5.41, 5.74) is 4.44. The van der Waals surface area contributed by atoms with Crippen LogP contribution in [0.1, 0.15) is 27.5 Å². The topological polar surface area (TPSA) is 68.3 Å². The fourth-order valence-electron chi connectivity index (χ4n) is 3.53. The van der Waals surface area contributed by atoms with E-state index in [9.17, 15) is 9.59 Å². The Morgan fingerprint density at radius 2 is 1.58 bits per heavy atom. The number of carbonyl (C=O) groups excluding carboxylic acids is 2. The third-order valence-electron chi connectivity index (χ3n) is 5.12. The summed E-state index contributed by atoms with van der Waals surface area (Å²) in [5.74, 6) is -0.896. The van der Waals surface area contributed by atoms with E-state index in [1.807, 2.05) is 73.7 Å². The van der Waals surface area contributed by atoms with Crippen LogP contribution in [0.25, 0.3) is 22.2 Å². The summed E-state index contributed by atoms with van der Waals surface area (Å²) >= 11 is 0. The van der Waals surface area contributed by atoms with Gasteiger partial charge in [-0.2, -0.15) is 0 Å². The third-order valence-corrected chi connectivity index (χ3v) is 5.12. The van der Waals surface area contributed by atoms with Gasteiger partial charge in [-0.25, -0.2) is 9.78 Å². The molecule has 0 aliphatic heterocycles. The van der Waals surface area contributed by atoms with Crippen LogP contribution in [0.4, 0.5) is 0 Å². The summed E-state index contributed by atoms with van der Waals surface area (Å²) in [7, 11) is 1.31. The van der Waals surface area contributed by atoms with Gasteiger partial charge in [-0.15, -0.1) is 0 Å². The number of esters is 1. The largest absolute Gasteiger partial charge is 0.467 e. The second-order valence-corrected chi connectivity index (χ2v) is 7.28. The molecule has 4 rings (SSSR count). The SMILES string of the molecule is COC(=O)C(NC(=O)c1cc(-c2ccccc2)nc2ccc(C)cc12)c1ccccc1. The molecule has 1 heterocycles. The van der Waals surface area contributed by atoms with Gasteiger partial charge in [0.05, 0.1) is 23.9 Å². The molecule has 4 aromatic rings. The number of hydrogen-bond acceptors (Lipinski definition) is 4. The standard InChI is InChI=1S/C26H22N2O3/c1-17-13-14-22-20(15-17)21(16-23(27-22)18-9-5-3-6-10-18)25(29)28-24(26(30)31-2)19-11-7-4-8-12-19/h3-16,24H,1-2H3,(H,28,29). The van der Waals surface area contributed by atoms with Gasteiger partial charge in [0, 0.05) is 10.9 Å². The number of carbonyl (C=O) groups is 2. The molecule has 1 amide bonds. The highest BCUT2D eigenvalue weighted by molar-refractivity contribution is 6.08. The molecule has 0 radical (unpaired) electrons. The highest BCUT2D eigenvalue weighted by Gasteiger charge is 2.25. The minimum atomic E-state index is -0.910. The van der Waals surface area contributed by atoms with Gasteiger partial charge in [-0.05, 0) is 30.7 Å². The van der Waals surface area contributed by atoms with Crippen molar-refractivity contribution in [2.45, 2.75) is 13.0 Å². The Kier molecular flexibility index (Phi) is 5.76. The fraction of sp³-hybridized carbons (Fsp3) is 0.115. The van der Waals surface area contributed by atoms with Crippen molar-refractivity contribution in [2.75, 3.05) is 7.11 Å². The maximum absolute atomic E-state index is 13.4. The zero-order chi connectivity index (χ0) is 21.8. The molecule has 0 saturated carbocycles. The van der Waals surface area contributed by atoms with Crippen LogP contribution >= 0.6 is 0 Å². The number of pyridine rings is 1. The first-order valence-electron chi connectivity index (χ1n) is 9.97. The highest BCUT2D eigenvalue weighted by atomic mass is 16.5. The molecule has 5 heteroatoms. The Morgan fingerprint density at radius 3 is 2.26 bits per heavy atom. The van der Waals surface area contributed by atoms with Crippen molar-refractivity contribution in [1.29, 1.82) is 0 Å². The molecule has 0 bridgehead atoms. The lowest BCUT2D eigenvalue weighted by atomic mass is 10.0. The van der Waals surface area contributed by atoms with Crippen molar-refractivity contribution in [1.82, 2.24) is 10.3 Å². The van der Waals surface area contributed by atoms with E-state index < -0.39 is 12.0 Å². The summed E-state index contributed by atoms with van der Waals surface area (Å²) in [5, 5.41) is 3.58. The average molecular weight is 410 g/mol. The highest BCUT2D eigenvalue weighted by Crippen LogP contribution is 2.26. The Hall–Kier alpha value is -3.99. The molecule has 0 aliphatic carbocycles. The van der Waals surface area contributed by atoms with Gasteiger partial charge < -0.3 is 10.1 Å². The van der Waals surface area contributed by atoms with Gasteiger partial charge in [-0.1, -0.05) is 72.3 Å². The van der Waals surface area contributed by atoms with Crippen LogP contribution < -0.4 is 5.32 Å². The molecule has 154 valence electrons. The summed E-state index contributed by atoms with van der Waals surface area (Å²) < 4.78 is 4.94. The molecule has 1 atom stereocenters. The number of hydrogen-bond donors (Lipinski definition) is 1. The lowest BCUT2D eigenvalue weighted by molar-refractivity contribution is -0.143. The second kappa shape index (κ2) is 8.79. The lowest BCUT2D eigenvalue weighted by Crippen LogP contribution is -2.34. The van der Waals surface area contributed by atoms with Crippen molar-refractivity contribution in [3.05, 3.63) is 102 Å². The molecule has 1 aromatic heterocycles. The maximum atomic E-state index is 13.4. The Balaban J connectivity index is 1.80. The Morgan fingerprint density at radius 1 is 0.903 bits per heavy atom. The molecule has 0 saturated heterocycles. The summed E-state index contributed by atoms with van der Waals surface area (Å²) in [6, 6.07) is 25.4. The normalized spacial score (nSPS) is 11.7. The molecular formula is C26H22N2O3. The average Bonchev–Trinajstić information content (AvgIpc) is 2.82. The number of ether oxygens (including phenoxy) is 1. The minimum absolute atomic E-state index is 0.366. The van der Waals surface area contributed by atoms with Crippen LogP contribution in [0.5, 0.6) is 0 Å². The van der Waals surface area contributed by atoms with E-state index in [0.717, 1.165) is 16.5 Å². The summed E-state index contributed by atoms with van der Waals surface area (Å²) in [6.45, 7) is 1.97. The van der Waals surface area contributed by atoms with Crippen LogP contribution in [0.3, 0.4) is 0 Å². The van der Waals surface area contributed by atoms with E-state index in [1.165, 1.54) is 7.11 Å². The third kappa shape index (κ3) is 4.31. The molecule has 0 aliphatic rings. The monoisotopic (exact) mass is 410 g/mol. The Bertz CT molecular complexity index is 1240. The van der Waals surface area contributed by atoms with Crippen LogP contribution in [0.15, 0.2) is 84.9 Å². The number of methoxy groups -OCH3 is 1. The zero-order valence-electron chi connectivity index (χ0n) is 17.3. The van der Waals surface area contributed by atoms with Crippen molar-refractivity contribution in [2.24, 2.45) is 0 Å². The van der Waals surface area contributed by atoms with Gasteiger partial charge in [0.2, 0.25) is 0 Å². The molecule has 5 nitrogen and oxygen atoms in total. The molecule has 0 fully saturated rings. The molecular weight excluding hydrogens is 388 g/mol. The van der Waals surface area contributed by atoms with E-state index in [-0.39, 0.29) is 5.91 Å². The predicted molar refractivity (Wildman–Crippen MR) is 121 cm³/mol. The molecule has 3 aromatic carbocycles. The fourth-order valence-corrected chi connectivity index (χ4v) is 3.53. The van der Waals surface area contributed by atoms with Crippen molar-refractivity contribution in [3.63, 3.8) is 0 Å². The van der Waals surface area contributed by atoms with Crippen LogP contribution in [0.2, 0.25) is 0 Å². The minimum Gasteiger partial charge on any atom is -0.467 e. The second-order valence-electron chi connectivity index (χ2n) is 7.28. The molecule has 0 spiro atoms. The van der Waals surface area contributed by atoms with E-state index in [2.05, 4.69) is 5.32 Å². The molecule has 1 N–H and O–H groups in total. The number of benzene rings is 3. The molecule has 31 heavy (non-hydrogen) atoms. The van der Waals surface area contributed by atoms with E-state index in [1.54, 1.807) is 18.2 Å². The smallest absolute Gasteiger partial charge is 0.333 e. The number of amides is 1. The number of fused-ring (bicyclic) bond motifs is 1. The van der Waals surface area contributed by atoms with Crippen molar-refractivity contribution >= 4 is 22.8 Å². The molecule has 1 unspecified atom stereocenters. The number of aryl methyl sites for hydroxylation is 1. The lowest BCUT2D eigenvalue weighted by Gasteiger charge is -2.18. The van der Waals surface area contributed by atoms with Crippen molar-refractivity contribution in [3.8, 4) is 11.3 Å². The van der Waals surface area contributed by atoms with E-state index in [0.29, 0.717) is 22.3 Å². The first-order valence-corrected chi connectivity index (χ1v) is 9.97. The number of nitrogens with one attached hydrogen (secondary N) is 1. The van der Waals surface area contributed by atoms with Crippen LogP contribution in [-0.2, 0) is 9.53 Å². The van der Waals surface area contributed by atoms with Gasteiger partial charge >= 0.3 is 5.97 Å². The number of aromatic nitrogens is 1. The van der Waals surface area contributed by atoms with Crippen molar-refractivity contribution < 1.29 is 14.3 Å². The van der Waals surface area contributed by atoms with E-state index in [4.69, 9.17) is 9.72 Å². The first-order chi connectivity index (χ1) is 15.1. The summed E-state index contributed by atoms with van der Waals surface area (Å²) in [6.07, 6.45) is 0. The van der Waals surface area contributed by atoms with Gasteiger partial charge in [-0.3, -0.25) is 4.79 Å². The zero-order valence-corrected chi connectivity index (χ0v) is 17.3. The first kappa shape index (κ1) is 20.3. The Labute approximate surface area is 180 Å². The number of rotatable bonds is 5. The summed E-state index contributed by atoms with van der Waals surface area (Å²) in [4.78, 5) is 30.6. The van der Waals surface area contributed by atoms with Crippen LogP contribution in [0, 0.1) is 6.92 Å². The maximum Gasteiger partial charge on any atom is 0.333 e. The van der Waals surface area contributed by atoms with Crippen LogP contribution in [-0.4, -0.2) is 24.0 Å². The predicted octanol–water partition coefficient (Wildman–Crippen LogP) is 4.85. The van der Waals surface area contributed by atoms with Gasteiger partial charge in [0.1, 0.15) is 0 Å². The van der Waals surface area contributed by atoms with E-state index >= 15 is 0 Å². The van der Waals surface area contributed by atoms with Gasteiger partial charge in [0.15, 0.2) is 6.04 Å². The quantitative estimate of drug-likeness (QED) is 0.478. The number of nitrogens with zero attached hydrogens (tertiary/aromatic N) is 1. The van der Waals surface area contributed by atoms with Gasteiger partial charge in [0.25, 0.3) is 5.91 Å².